The minimum Gasteiger partial charge on any atom is -0.478 e. The van der Waals surface area contributed by atoms with Crippen LogP contribution in [0.3, 0.4) is 0 Å². The summed E-state index contributed by atoms with van der Waals surface area (Å²) in [6.07, 6.45) is 3.99. The summed E-state index contributed by atoms with van der Waals surface area (Å²) in [4.78, 5) is 13.1. The van der Waals surface area contributed by atoms with Crippen LogP contribution in [0.1, 0.15) is 41.1 Å². The number of aromatic carboxylic acids is 1. The fourth-order valence-electron chi connectivity index (χ4n) is 2.28. The molecule has 1 heterocycles. The number of furan rings is 1. The van der Waals surface area contributed by atoms with Gasteiger partial charge in [-0.3, -0.25) is 4.90 Å². The van der Waals surface area contributed by atoms with Crippen LogP contribution in [-0.4, -0.2) is 29.6 Å². The van der Waals surface area contributed by atoms with Crippen LogP contribution in [-0.2, 0) is 6.54 Å². The largest absolute Gasteiger partial charge is 0.478 e. The van der Waals surface area contributed by atoms with E-state index in [1.54, 1.807) is 13.0 Å². The molecule has 0 atom stereocenters. The van der Waals surface area contributed by atoms with Crippen molar-refractivity contribution in [2.24, 2.45) is 5.92 Å². The first-order valence-corrected chi connectivity index (χ1v) is 6.07. The Labute approximate surface area is 101 Å². The summed E-state index contributed by atoms with van der Waals surface area (Å²) >= 11 is 0. The van der Waals surface area contributed by atoms with Crippen molar-refractivity contribution in [1.29, 1.82) is 0 Å². The summed E-state index contributed by atoms with van der Waals surface area (Å²) in [5.41, 5.74) is 0.275. The van der Waals surface area contributed by atoms with E-state index in [9.17, 15) is 4.79 Å². The van der Waals surface area contributed by atoms with E-state index in [1.807, 2.05) is 0 Å². The van der Waals surface area contributed by atoms with E-state index >= 15 is 0 Å². The van der Waals surface area contributed by atoms with Crippen LogP contribution in [0.5, 0.6) is 0 Å². The Hall–Kier alpha value is -1.29. The number of rotatable bonds is 5. The molecule has 0 radical (unpaired) electrons. The van der Waals surface area contributed by atoms with Crippen LogP contribution in [0.4, 0.5) is 0 Å². The molecule has 1 aliphatic rings. The summed E-state index contributed by atoms with van der Waals surface area (Å²) in [5.74, 6) is 1.13. The van der Waals surface area contributed by atoms with E-state index < -0.39 is 5.97 Å². The highest BCUT2D eigenvalue weighted by molar-refractivity contribution is 5.88. The van der Waals surface area contributed by atoms with Gasteiger partial charge in [-0.05, 0) is 38.8 Å². The molecule has 0 saturated heterocycles. The molecule has 1 aliphatic carbocycles. The molecule has 4 nitrogen and oxygen atoms in total. The molecule has 0 amide bonds. The fourth-order valence-corrected chi connectivity index (χ4v) is 2.28. The van der Waals surface area contributed by atoms with Gasteiger partial charge in [-0.2, -0.15) is 0 Å². The molecule has 0 aromatic carbocycles. The van der Waals surface area contributed by atoms with Crippen molar-refractivity contribution in [2.45, 2.75) is 32.7 Å². The lowest BCUT2D eigenvalue weighted by atomic mass is 9.85. The van der Waals surface area contributed by atoms with E-state index in [0.717, 1.165) is 18.2 Å². The summed E-state index contributed by atoms with van der Waals surface area (Å²) < 4.78 is 5.46. The third-order valence-electron chi connectivity index (χ3n) is 3.42. The van der Waals surface area contributed by atoms with Crippen LogP contribution in [0.15, 0.2) is 10.5 Å². The Kier molecular flexibility index (Phi) is 3.52. The number of nitrogens with zero attached hydrogens (tertiary/aromatic N) is 1. The molecule has 17 heavy (non-hydrogen) atoms. The molecule has 0 aliphatic heterocycles. The van der Waals surface area contributed by atoms with Gasteiger partial charge < -0.3 is 9.52 Å². The minimum atomic E-state index is -0.917. The number of carboxylic acids is 1. The van der Waals surface area contributed by atoms with Crippen molar-refractivity contribution in [1.82, 2.24) is 4.90 Å². The van der Waals surface area contributed by atoms with Gasteiger partial charge in [0.2, 0.25) is 0 Å². The van der Waals surface area contributed by atoms with E-state index in [4.69, 9.17) is 9.52 Å². The van der Waals surface area contributed by atoms with Crippen molar-refractivity contribution in [3.8, 4) is 0 Å². The lowest BCUT2D eigenvalue weighted by Gasteiger charge is -2.29. The average Bonchev–Trinajstić information content (AvgIpc) is 2.53. The SMILES string of the molecule is Cc1oc(CN(C)CC2CCC2)cc1C(=O)O. The summed E-state index contributed by atoms with van der Waals surface area (Å²) in [7, 11) is 2.05. The molecular formula is C13H19NO3. The van der Waals surface area contributed by atoms with Gasteiger partial charge in [-0.15, -0.1) is 0 Å². The second kappa shape index (κ2) is 4.92. The molecule has 0 bridgehead atoms. The molecule has 4 heteroatoms. The first-order chi connectivity index (χ1) is 8.06. The van der Waals surface area contributed by atoms with E-state index in [0.29, 0.717) is 12.3 Å². The van der Waals surface area contributed by atoms with Crippen molar-refractivity contribution >= 4 is 5.97 Å². The number of hydrogen-bond donors (Lipinski definition) is 1. The Morgan fingerprint density at radius 1 is 1.59 bits per heavy atom. The molecule has 1 aromatic rings. The lowest BCUT2D eigenvalue weighted by molar-refractivity contribution is 0.0695. The van der Waals surface area contributed by atoms with Crippen molar-refractivity contribution in [2.75, 3.05) is 13.6 Å². The maximum absolute atomic E-state index is 10.9. The fraction of sp³-hybridized carbons (Fsp3) is 0.615. The van der Waals surface area contributed by atoms with Crippen molar-refractivity contribution < 1.29 is 14.3 Å². The zero-order valence-corrected chi connectivity index (χ0v) is 10.4. The van der Waals surface area contributed by atoms with E-state index in [1.165, 1.54) is 19.3 Å². The third-order valence-corrected chi connectivity index (χ3v) is 3.42. The molecule has 1 fully saturated rings. The predicted molar refractivity (Wildman–Crippen MR) is 64.1 cm³/mol. The summed E-state index contributed by atoms with van der Waals surface area (Å²) in [6, 6.07) is 1.63. The number of carbonyl (C=O) groups is 1. The molecule has 2 rings (SSSR count). The zero-order chi connectivity index (χ0) is 12.4. The quantitative estimate of drug-likeness (QED) is 0.855. The Balaban J connectivity index is 1.93. The molecule has 0 unspecified atom stereocenters. The summed E-state index contributed by atoms with van der Waals surface area (Å²) in [5, 5.41) is 8.93. The average molecular weight is 237 g/mol. The van der Waals surface area contributed by atoms with Gasteiger partial charge in [-0.25, -0.2) is 4.79 Å². The maximum atomic E-state index is 10.9. The molecule has 1 saturated carbocycles. The first-order valence-electron chi connectivity index (χ1n) is 6.07. The maximum Gasteiger partial charge on any atom is 0.339 e. The van der Waals surface area contributed by atoms with Gasteiger partial charge in [-0.1, -0.05) is 6.42 Å². The number of hydrogen-bond acceptors (Lipinski definition) is 3. The van der Waals surface area contributed by atoms with Gasteiger partial charge >= 0.3 is 5.97 Å². The monoisotopic (exact) mass is 237 g/mol. The zero-order valence-electron chi connectivity index (χ0n) is 10.4. The van der Waals surface area contributed by atoms with Gasteiger partial charge in [0.25, 0.3) is 0 Å². The van der Waals surface area contributed by atoms with Crippen LogP contribution in [0.2, 0.25) is 0 Å². The molecular weight excluding hydrogens is 218 g/mol. The van der Waals surface area contributed by atoms with Gasteiger partial charge in [0, 0.05) is 6.54 Å². The highest BCUT2D eigenvalue weighted by Crippen LogP contribution is 2.27. The number of carboxylic acid groups (broad SMARTS) is 1. The molecule has 0 spiro atoms. The number of aryl methyl sites for hydroxylation is 1. The van der Waals surface area contributed by atoms with E-state index in [2.05, 4.69) is 11.9 Å². The van der Waals surface area contributed by atoms with Crippen molar-refractivity contribution in [3.63, 3.8) is 0 Å². The predicted octanol–water partition coefficient (Wildman–Crippen LogP) is 2.52. The normalized spacial score (nSPS) is 16.2. The van der Waals surface area contributed by atoms with Crippen LogP contribution in [0, 0.1) is 12.8 Å². The van der Waals surface area contributed by atoms with Crippen LogP contribution < -0.4 is 0 Å². The third kappa shape index (κ3) is 2.88. The van der Waals surface area contributed by atoms with Crippen LogP contribution in [0.25, 0.3) is 0 Å². The second-order valence-corrected chi connectivity index (χ2v) is 4.98. The van der Waals surface area contributed by atoms with Crippen molar-refractivity contribution in [3.05, 3.63) is 23.2 Å². The molecule has 94 valence electrons. The standard InChI is InChI=1S/C13H19NO3/c1-9-12(13(15)16)6-11(17-9)8-14(2)7-10-4-3-5-10/h6,10H,3-5,7-8H2,1-2H3,(H,15,16). The molecule has 1 N–H and O–H groups in total. The smallest absolute Gasteiger partial charge is 0.339 e. The highest BCUT2D eigenvalue weighted by atomic mass is 16.4. The van der Waals surface area contributed by atoms with Gasteiger partial charge in [0.1, 0.15) is 17.1 Å². The van der Waals surface area contributed by atoms with Gasteiger partial charge in [0.05, 0.1) is 6.54 Å². The Morgan fingerprint density at radius 2 is 2.29 bits per heavy atom. The molecule has 1 aromatic heterocycles. The highest BCUT2D eigenvalue weighted by Gasteiger charge is 2.20. The minimum absolute atomic E-state index is 0.275. The first kappa shape index (κ1) is 12.2. The second-order valence-electron chi connectivity index (χ2n) is 4.98. The van der Waals surface area contributed by atoms with Gasteiger partial charge in [0.15, 0.2) is 0 Å². The van der Waals surface area contributed by atoms with Crippen LogP contribution >= 0.6 is 0 Å². The summed E-state index contributed by atoms with van der Waals surface area (Å²) in [6.45, 7) is 3.45. The topological polar surface area (TPSA) is 53.7 Å². The lowest BCUT2D eigenvalue weighted by Crippen LogP contribution is -2.28. The van der Waals surface area contributed by atoms with E-state index in [-0.39, 0.29) is 5.56 Å². The Bertz CT molecular complexity index is 407. The Morgan fingerprint density at radius 3 is 2.76 bits per heavy atom.